The number of nitro benzene ring substituents is 2. The molecule has 0 unspecified atom stereocenters. The normalized spacial score (nSPS) is 10.1. The van der Waals surface area contributed by atoms with E-state index in [2.05, 4.69) is 0 Å². The predicted molar refractivity (Wildman–Crippen MR) is 66.4 cm³/mol. The molecular formula is C11H12N2O7. The van der Waals surface area contributed by atoms with Crippen molar-refractivity contribution in [2.24, 2.45) is 0 Å². The molecule has 0 bridgehead atoms. The van der Waals surface area contributed by atoms with Gasteiger partial charge in [-0.2, -0.15) is 0 Å². The molecule has 0 fully saturated rings. The van der Waals surface area contributed by atoms with Crippen molar-refractivity contribution >= 4 is 17.3 Å². The Hall–Kier alpha value is -2.55. The highest BCUT2D eigenvalue weighted by Crippen LogP contribution is 2.23. The second-order valence-corrected chi connectivity index (χ2v) is 3.82. The molecule has 0 heterocycles. The maximum atomic E-state index is 11.6. The number of aliphatic hydroxyl groups excluding tert-OH is 1. The number of benzene rings is 1. The number of rotatable bonds is 7. The largest absolute Gasteiger partial charge is 0.462 e. The lowest BCUT2D eigenvalue weighted by molar-refractivity contribution is -0.394. The highest BCUT2D eigenvalue weighted by Gasteiger charge is 2.20. The minimum atomic E-state index is -0.880. The number of nitrogens with zero attached hydrogens (tertiary/aromatic N) is 2. The number of carbonyl (C=O) groups excluding carboxylic acids is 1. The molecule has 0 amide bonds. The molecule has 0 atom stereocenters. The molecule has 0 aliphatic rings. The maximum absolute atomic E-state index is 11.6. The maximum Gasteiger partial charge on any atom is 0.338 e. The van der Waals surface area contributed by atoms with Gasteiger partial charge in [-0.05, 0) is 12.8 Å². The van der Waals surface area contributed by atoms with Crippen LogP contribution in [-0.2, 0) is 4.74 Å². The topological polar surface area (TPSA) is 133 Å². The Bertz CT molecular complexity index is 497. The van der Waals surface area contributed by atoms with E-state index in [1.54, 1.807) is 0 Å². The van der Waals surface area contributed by atoms with Gasteiger partial charge < -0.3 is 9.84 Å². The summed E-state index contributed by atoms with van der Waals surface area (Å²) in [6.45, 7) is -0.0181. The van der Waals surface area contributed by atoms with Crippen LogP contribution in [0.3, 0.4) is 0 Å². The number of esters is 1. The summed E-state index contributed by atoms with van der Waals surface area (Å²) in [6, 6.07) is 2.60. The van der Waals surface area contributed by atoms with E-state index in [4.69, 9.17) is 9.84 Å². The molecular weight excluding hydrogens is 272 g/mol. The van der Waals surface area contributed by atoms with Crippen molar-refractivity contribution in [3.05, 3.63) is 44.0 Å². The van der Waals surface area contributed by atoms with Gasteiger partial charge in [0.1, 0.15) is 0 Å². The number of ether oxygens (including phenoxy) is 1. The zero-order valence-electron chi connectivity index (χ0n) is 10.4. The fraction of sp³-hybridized carbons (Fsp3) is 0.364. The second-order valence-electron chi connectivity index (χ2n) is 3.82. The van der Waals surface area contributed by atoms with Crippen LogP contribution in [0.15, 0.2) is 18.2 Å². The van der Waals surface area contributed by atoms with Crippen LogP contribution in [-0.4, -0.2) is 34.1 Å². The van der Waals surface area contributed by atoms with E-state index in [1.807, 2.05) is 0 Å². The van der Waals surface area contributed by atoms with Crippen LogP contribution >= 0.6 is 0 Å². The summed E-state index contributed by atoms with van der Waals surface area (Å²) in [5.74, 6) is -0.880. The summed E-state index contributed by atoms with van der Waals surface area (Å²) in [5.41, 5.74) is -1.36. The number of carbonyl (C=O) groups is 1. The zero-order valence-corrected chi connectivity index (χ0v) is 10.4. The first-order chi connectivity index (χ1) is 9.45. The standard InChI is InChI=1S/C11H12N2O7/c14-3-1-2-4-20-11(15)8-5-9(12(16)17)7-10(6-8)13(18)19/h5-7,14H,1-4H2. The third-order valence-corrected chi connectivity index (χ3v) is 2.35. The Morgan fingerprint density at radius 3 is 2.10 bits per heavy atom. The lowest BCUT2D eigenvalue weighted by Crippen LogP contribution is -2.08. The second kappa shape index (κ2) is 7.14. The van der Waals surface area contributed by atoms with Gasteiger partial charge in [0.05, 0.1) is 28.1 Å². The molecule has 0 aliphatic carbocycles. The smallest absolute Gasteiger partial charge is 0.338 e. The highest BCUT2D eigenvalue weighted by molar-refractivity contribution is 5.91. The minimum Gasteiger partial charge on any atom is -0.462 e. The fourth-order valence-corrected chi connectivity index (χ4v) is 1.39. The Kier molecular flexibility index (Phi) is 5.54. The Balaban J connectivity index is 2.90. The van der Waals surface area contributed by atoms with Gasteiger partial charge in [-0.3, -0.25) is 20.2 Å². The van der Waals surface area contributed by atoms with Crippen LogP contribution in [0.4, 0.5) is 11.4 Å². The van der Waals surface area contributed by atoms with Crippen LogP contribution in [0.2, 0.25) is 0 Å². The molecule has 1 aromatic carbocycles. The van der Waals surface area contributed by atoms with E-state index < -0.39 is 27.2 Å². The number of aliphatic hydroxyl groups is 1. The van der Waals surface area contributed by atoms with Crippen LogP contribution in [0.5, 0.6) is 0 Å². The van der Waals surface area contributed by atoms with Crippen molar-refractivity contribution in [2.45, 2.75) is 12.8 Å². The van der Waals surface area contributed by atoms with Gasteiger partial charge in [-0.1, -0.05) is 0 Å². The lowest BCUT2D eigenvalue weighted by atomic mass is 10.2. The summed E-state index contributed by atoms with van der Waals surface area (Å²) < 4.78 is 4.80. The molecule has 0 saturated carbocycles. The zero-order chi connectivity index (χ0) is 15.1. The van der Waals surface area contributed by atoms with E-state index in [1.165, 1.54) is 0 Å². The lowest BCUT2D eigenvalue weighted by Gasteiger charge is -2.04. The number of hydrogen-bond donors (Lipinski definition) is 1. The molecule has 20 heavy (non-hydrogen) atoms. The number of hydrogen-bond acceptors (Lipinski definition) is 7. The summed E-state index contributed by atoms with van der Waals surface area (Å²) in [7, 11) is 0. The van der Waals surface area contributed by atoms with Crippen molar-refractivity contribution in [3.8, 4) is 0 Å². The van der Waals surface area contributed by atoms with E-state index in [-0.39, 0.29) is 18.8 Å². The molecule has 0 radical (unpaired) electrons. The molecule has 9 heteroatoms. The third kappa shape index (κ3) is 4.28. The molecule has 0 aliphatic heterocycles. The van der Waals surface area contributed by atoms with Crippen molar-refractivity contribution in [2.75, 3.05) is 13.2 Å². The van der Waals surface area contributed by atoms with E-state index in [9.17, 15) is 25.0 Å². The monoisotopic (exact) mass is 284 g/mol. The van der Waals surface area contributed by atoms with Gasteiger partial charge in [0.25, 0.3) is 11.4 Å². The molecule has 1 N–H and O–H groups in total. The highest BCUT2D eigenvalue weighted by atomic mass is 16.6. The SMILES string of the molecule is O=C(OCCCCO)c1cc([N+](=O)[O-])cc([N+](=O)[O-])c1. The Morgan fingerprint density at radius 1 is 1.10 bits per heavy atom. The molecule has 1 rings (SSSR count). The minimum absolute atomic E-state index is 0.0237. The van der Waals surface area contributed by atoms with E-state index in [0.29, 0.717) is 12.8 Å². The first kappa shape index (κ1) is 15.5. The van der Waals surface area contributed by atoms with Gasteiger partial charge >= 0.3 is 5.97 Å². The van der Waals surface area contributed by atoms with E-state index >= 15 is 0 Å². The van der Waals surface area contributed by atoms with Crippen molar-refractivity contribution < 1.29 is 24.5 Å². The first-order valence-electron chi connectivity index (χ1n) is 5.67. The Labute approximate surface area is 113 Å². The average Bonchev–Trinajstić information content (AvgIpc) is 2.42. The van der Waals surface area contributed by atoms with E-state index in [0.717, 1.165) is 18.2 Å². The summed E-state index contributed by atoms with van der Waals surface area (Å²) in [4.78, 5) is 31.3. The first-order valence-corrected chi connectivity index (χ1v) is 5.67. The van der Waals surface area contributed by atoms with Crippen molar-refractivity contribution in [3.63, 3.8) is 0 Å². The van der Waals surface area contributed by atoms with Crippen LogP contribution in [0, 0.1) is 20.2 Å². The number of nitro groups is 2. The van der Waals surface area contributed by atoms with Gasteiger partial charge in [0.15, 0.2) is 0 Å². The van der Waals surface area contributed by atoms with Gasteiger partial charge in [-0.15, -0.1) is 0 Å². The van der Waals surface area contributed by atoms with Crippen molar-refractivity contribution in [1.82, 2.24) is 0 Å². The fourth-order valence-electron chi connectivity index (χ4n) is 1.39. The van der Waals surface area contributed by atoms with Gasteiger partial charge in [0.2, 0.25) is 0 Å². The van der Waals surface area contributed by atoms with Crippen molar-refractivity contribution in [1.29, 1.82) is 0 Å². The van der Waals surface area contributed by atoms with Crippen LogP contribution in [0.1, 0.15) is 23.2 Å². The van der Waals surface area contributed by atoms with Crippen LogP contribution < -0.4 is 0 Å². The van der Waals surface area contributed by atoms with Gasteiger partial charge in [-0.25, -0.2) is 4.79 Å². The average molecular weight is 284 g/mol. The number of unbranched alkanes of at least 4 members (excludes halogenated alkanes) is 1. The third-order valence-electron chi connectivity index (χ3n) is 2.35. The summed E-state index contributed by atoms with van der Waals surface area (Å²) in [6.07, 6.45) is 0.877. The number of non-ortho nitro benzene ring substituents is 2. The van der Waals surface area contributed by atoms with Crippen LogP contribution in [0.25, 0.3) is 0 Å². The molecule has 1 aromatic rings. The Morgan fingerprint density at radius 2 is 1.65 bits per heavy atom. The predicted octanol–water partition coefficient (Wildman–Crippen LogP) is 1.43. The van der Waals surface area contributed by atoms with Gasteiger partial charge in [0, 0.05) is 18.7 Å². The summed E-state index contributed by atoms with van der Waals surface area (Å²) >= 11 is 0. The summed E-state index contributed by atoms with van der Waals surface area (Å²) in [5, 5.41) is 29.9. The molecule has 108 valence electrons. The molecule has 0 aromatic heterocycles. The molecule has 0 saturated heterocycles. The molecule has 0 spiro atoms. The molecule has 9 nitrogen and oxygen atoms in total. The quantitative estimate of drug-likeness (QED) is 0.346.